The molecule has 164 valence electrons. The predicted molar refractivity (Wildman–Crippen MR) is 107 cm³/mol. The predicted octanol–water partition coefficient (Wildman–Crippen LogP) is 5.52. The van der Waals surface area contributed by atoms with Gasteiger partial charge in [-0.2, -0.15) is 0 Å². The minimum Gasteiger partial charge on any atom is -0.444 e. The van der Waals surface area contributed by atoms with Gasteiger partial charge in [-0.1, -0.05) is 22.0 Å². The lowest BCUT2D eigenvalue weighted by molar-refractivity contribution is 0.0139. The lowest BCUT2D eigenvalue weighted by Crippen LogP contribution is -2.38. The molecule has 1 aliphatic heterocycles. The second kappa shape index (κ2) is 9.34. The molecule has 1 atom stereocenters. The van der Waals surface area contributed by atoms with Crippen molar-refractivity contribution in [1.29, 1.82) is 0 Å². The summed E-state index contributed by atoms with van der Waals surface area (Å²) in [7, 11) is 0. The number of carbonyl (C=O) groups is 1. The topological polar surface area (TPSA) is 49.8 Å². The van der Waals surface area contributed by atoms with Crippen molar-refractivity contribution >= 4 is 22.0 Å². The SMILES string of the molecule is CC(C)(C)OC(=O)N1CCC(O)(c2ccc(F)c(F)c2)C1.Fc1ccc(Br)cc1F. The van der Waals surface area contributed by atoms with Crippen LogP contribution in [0.25, 0.3) is 0 Å². The number of likely N-dealkylation sites (tertiary alicyclic amines) is 1. The molecule has 1 heterocycles. The van der Waals surface area contributed by atoms with Gasteiger partial charge in [-0.05, 0) is 63.1 Å². The summed E-state index contributed by atoms with van der Waals surface area (Å²) in [6, 6.07) is 6.86. The normalized spacial score (nSPS) is 18.6. The van der Waals surface area contributed by atoms with Gasteiger partial charge in [0.2, 0.25) is 0 Å². The van der Waals surface area contributed by atoms with E-state index in [1.807, 2.05) is 0 Å². The summed E-state index contributed by atoms with van der Waals surface area (Å²) < 4.78 is 56.3. The van der Waals surface area contributed by atoms with E-state index in [0.717, 1.165) is 24.3 Å². The van der Waals surface area contributed by atoms with E-state index in [0.29, 0.717) is 11.0 Å². The van der Waals surface area contributed by atoms with Crippen LogP contribution in [0.5, 0.6) is 0 Å². The Morgan fingerprint density at radius 1 is 1.03 bits per heavy atom. The molecule has 1 amide bonds. The van der Waals surface area contributed by atoms with Crippen molar-refractivity contribution in [3.8, 4) is 0 Å². The molecule has 1 fully saturated rings. The highest BCUT2D eigenvalue weighted by atomic mass is 79.9. The monoisotopic (exact) mass is 491 g/mol. The molecule has 1 saturated heterocycles. The Kier molecular flexibility index (Phi) is 7.52. The molecule has 2 aromatic rings. The quantitative estimate of drug-likeness (QED) is 0.422. The van der Waals surface area contributed by atoms with E-state index in [1.54, 1.807) is 20.8 Å². The molecular weight excluding hydrogens is 470 g/mol. The standard InChI is InChI=1S/C15H19F2NO3.C6H3BrF2/c1-14(2,3)21-13(19)18-7-6-15(20,9-18)10-4-5-11(16)12(17)8-10;7-4-1-2-5(8)6(9)3-4/h4-5,8,20H,6-7,9H2,1-3H3;1-3H. The molecule has 30 heavy (non-hydrogen) atoms. The van der Waals surface area contributed by atoms with Crippen molar-refractivity contribution in [2.24, 2.45) is 0 Å². The number of nitrogens with zero attached hydrogens (tertiary/aromatic N) is 1. The number of β-amino-alcohol motifs (C(OH)–C–C–N with tert-alkyl or cyclic N) is 1. The fourth-order valence-corrected chi connectivity index (χ4v) is 3.10. The molecule has 9 heteroatoms. The molecule has 0 radical (unpaired) electrons. The van der Waals surface area contributed by atoms with Crippen LogP contribution in [-0.2, 0) is 10.3 Å². The van der Waals surface area contributed by atoms with Crippen molar-refractivity contribution in [2.45, 2.75) is 38.4 Å². The zero-order chi connectivity index (χ0) is 22.7. The fraction of sp³-hybridized carbons (Fsp3) is 0.381. The summed E-state index contributed by atoms with van der Waals surface area (Å²) in [4.78, 5) is 13.3. The molecule has 1 N–H and O–H groups in total. The van der Waals surface area contributed by atoms with Crippen LogP contribution in [0.2, 0.25) is 0 Å². The molecule has 2 aromatic carbocycles. The minimum absolute atomic E-state index is 0.00696. The Bertz CT molecular complexity index is 920. The largest absolute Gasteiger partial charge is 0.444 e. The molecule has 3 rings (SSSR count). The molecule has 0 saturated carbocycles. The summed E-state index contributed by atoms with van der Waals surface area (Å²) in [6.07, 6.45) is -0.280. The molecule has 4 nitrogen and oxygen atoms in total. The molecule has 0 spiro atoms. The maximum Gasteiger partial charge on any atom is 0.410 e. The van der Waals surface area contributed by atoms with Gasteiger partial charge in [0.15, 0.2) is 23.3 Å². The number of carbonyl (C=O) groups excluding carboxylic acids is 1. The van der Waals surface area contributed by atoms with Crippen molar-refractivity contribution in [2.75, 3.05) is 13.1 Å². The van der Waals surface area contributed by atoms with Crippen LogP contribution in [0.15, 0.2) is 40.9 Å². The third-order valence-corrected chi connectivity index (χ3v) is 4.73. The molecule has 1 unspecified atom stereocenters. The zero-order valence-electron chi connectivity index (χ0n) is 16.7. The summed E-state index contributed by atoms with van der Waals surface area (Å²) in [5.41, 5.74) is -1.75. The number of amides is 1. The van der Waals surface area contributed by atoms with Gasteiger partial charge in [0, 0.05) is 11.0 Å². The number of benzene rings is 2. The number of hydrogen-bond donors (Lipinski definition) is 1. The Balaban J connectivity index is 0.000000297. The van der Waals surface area contributed by atoms with Crippen LogP contribution in [0.4, 0.5) is 22.4 Å². The first-order valence-corrected chi connectivity index (χ1v) is 9.86. The second-order valence-electron chi connectivity index (χ2n) is 7.87. The molecule has 0 aliphatic carbocycles. The van der Waals surface area contributed by atoms with E-state index >= 15 is 0 Å². The Hall–Kier alpha value is -2.13. The van der Waals surface area contributed by atoms with Crippen LogP contribution >= 0.6 is 15.9 Å². The van der Waals surface area contributed by atoms with Crippen LogP contribution in [-0.4, -0.2) is 34.8 Å². The van der Waals surface area contributed by atoms with Crippen LogP contribution in [0, 0.1) is 23.3 Å². The summed E-state index contributed by atoms with van der Waals surface area (Å²) in [5.74, 6) is -3.64. The van der Waals surface area contributed by atoms with Gasteiger partial charge in [-0.25, -0.2) is 22.4 Å². The summed E-state index contributed by atoms with van der Waals surface area (Å²) in [6.45, 7) is 5.55. The van der Waals surface area contributed by atoms with E-state index in [2.05, 4.69) is 15.9 Å². The zero-order valence-corrected chi connectivity index (χ0v) is 18.3. The van der Waals surface area contributed by atoms with Gasteiger partial charge >= 0.3 is 6.09 Å². The molecular formula is C21H22BrF4NO3. The second-order valence-corrected chi connectivity index (χ2v) is 8.79. The van der Waals surface area contributed by atoms with Crippen LogP contribution < -0.4 is 0 Å². The van der Waals surface area contributed by atoms with E-state index in [1.165, 1.54) is 17.0 Å². The van der Waals surface area contributed by atoms with Crippen LogP contribution in [0.1, 0.15) is 32.8 Å². The van der Waals surface area contributed by atoms with Gasteiger partial charge in [0.05, 0.1) is 6.54 Å². The van der Waals surface area contributed by atoms with Gasteiger partial charge in [0.25, 0.3) is 0 Å². The number of hydrogen-bond acceptors (Lipinski definition) is 3. The molecule has 0 aromatic heterocycles. The van der Waals surface area contributed by atoms with Gasteiger partial charge in [-0.15, -0.1) is 0 Å². The van der Waals surface area contributed by atoms with Crippen LogP contribution in [0.3, 0.4) is 0 Å². The van der Waals surface area contributed by atoms with Gasteiger partial charge in [0.1, 0.15) is 11.2 Å². The highest BCUT2D eigenvalue weighted by molar-refractivity contribution is 9.10. The average Bonchev–Trinajstić information content (AvgIpc) is 3.04. The maximum atomic E-state index is 13.3. The van der Waals surface area contributed by atoms with E-state index in [9.17, 15) is 27.5 Å². The Labute approximate surface area is 180 Å². The van der Waals surface area contributed by atoms with Gasteiger partial charge in [-0.3, -0.25) is 0 Å². The Morgan fingerprint density at radius 3 is 2.10 bits per heavy atom. The van der Waals surface area contributed by atoms with Crippen molar-refractivity contribution in [3.05, 3.63) is 69.7 Å². The lowest BCUT2D eigenvalue weighted by Gasteiger charge is -2.26. The number of halogens is 5. The summed E-state index contributed by atoms with van der Waals surface area (Å²) >= 11 is 2.99. The van der Waals surface area contributed by atoms with Crippen molar-refractivity contribution in [3.63, 3.8) is 0 Å². The first kappa shape index (κ1) is 24.1. The Morgan fingerprint density at radius 2 is 1.60 bits per heavy atom. The minimum atomic E-state index is -1.38. The third kappa shape index (κ3) is 6.43. The highest BCUT2D eigenvalue weighted by Crippen LogP contribution is 2.33. The van der Waals surface area contributed by atoms with E-state index in [4.69, 9.17) is 4.74 Å². The van der Waals surface area contributed by atoms with E-state index in [-0.39, 0.29) is 18.5 Å². The molecule has 0 bridgehead atoms. The highest BCUT2D eigenvalue weighted by Gasteiger charge is 2.41. The number of ether oxygens (including phenoxy) is 1. The molecule has 1 aliphatic rings. The maximum absolute atomic E-state index is 13.3. The lowest BCUT2D eigenvalue weighted by atomic mass is 9.93. The average molecular weight is 492 g/mol. The number of aliphatic hydroxyl groups is 1. The van der Waals surface area contributed by atoms with E-state index < -0.39 is 40.6 Å². The van der Waals surface area contributed by atoms with Gasteiger partial charge < -0.3 is 14.7 Å². The first-order chi connectivity index (χ1) is 13.8. The summed E-state index contributed by atoms with van der Waals surface area (Å²) in [5, 5.41) is 10.6. The van der Waals surface area contributed by atoms with Crippen molar-refractivity contribution < 1.29 is 32.2 Å². The third-order valence-electron chi connectivity index (χ3n) is 4.24. The fourth-order valence-electron chi connectivity index (χ4n) is 2.77. The smallest absolute Gasteiger partial charge is 0.410 e. The first-order valence-electron chi connectivity index (χ1n) is 9.07. The van der Waals surface area contributed by atoms with Crippen molar-refractivity contribution in [1.82, 2.24) is 4.90 Å². The number of rotatable bonds is 1.